The molecule has 2 aromatic carbocycles. The number of anilines is 1. The van der Waals surface area contributed by atoms with E-state index in [9.17, 15) is 0 Å². The van der Waals surface area contributed by atoms with Gasteiger partial charge in [0.15, 0.2) is 0 Å². The molecule has 72 valence electrons. The van der Waals surface area contributed by atoms with Crippen LogP contribution in [0.15, 0.2) is 54.6 Å². The maximum Gasteiger partial charge on any atom is 0.0393 e. The van der Waals surface area contributed by atoms with Crippen molar-refractivity contribution in [3.63, 3.8) is 0 Å². The average molecular weight is 189 g/mol. The lowest BCUT2D eigenvalue weighted by Gasteiger charge is -2.03. The molecule has 0 aromatic heterocycles. The lowest BCUT2D eigenvalue weighted by Crippen LogP contribution is -1.88. The van der Waals surface area contributed by atoms with Gasteiger partial charge >= 0.3 is 0 Å². The summed E-state index contributed by atoms with van der Waals surface area (Å²) in [4.78, 5) is 0. The predicted molar refractivity (Wildman–Crippen MR) is 58.8 cm³/mol. The van der Waals surface area contributed by atoms with Gasteiger partial charge in [0, 0.05) is 11.3 Å². The Balaban J connectivity index is 0.000000980. The summed E-state index contributed by atoms with van der Waals surface area (Å²) < 4.78 is 0. The van der Waals surface area contributed by atoms with Gasteiger partial charge in [0.25, 0.3) is 0 Å². The normalized spacial score (nSPS) is 9.14. The van der Waals surface area contributed by atoms with Gasteiger partial charge in [0.05, 0.1) is 0 Å². The summed E-state index contributed by atoms with van der Waals surface area (Å²) in [7, 11) is 0. The first-order valence-electron chi connectivity index (χ1n) is 4.28. The number of hydrogen-bond acceptors (Lipinski definition) is 1. The van der Waals surface area contributed by atoms with Crippen LogP contribution < -0.4 is 5.73 Å². The van der Waals surface area contributed by atoms with Crippen LogP contribution in [0.4, 0.5) is 10.4 Å². The Hall–Kier alpha value is -1.83. The second-order valence-electron chi connectivity index (χ2n) is 2.95. The summed E-state index contributed by atoms with van der Waals surface area (Å²) in [6.07, 6.45) is 0. The predicted octanol–water partition coefficient (Wildman–Crippen LogP) is 3.09. The topological polar surface area (TPSA) is 26.0 Å². The summed E-state index contributed by atoms with van der Waals surface area (Å²) in [5, 5.41) is 0. The molecule has 14 heavy (non-hydrogen) atoms. The molecule has 0 unspecified atom stereocenters. The van der Waals surface area contributed by atoms with Gasteiger partial charge in [-0.05, 0) is 11.6 Å². The second-order valence-corrected chi connectivity index (χ2v) is 2.95. The van der Waals surface area contributed by atoms with Crippen molar-refractivity contribution in [3.8, 4) is 11.1 Å². The monoisotopic (exact) mass is 189 g/mol. The molecule has 0 fully saturated rings. The standard InChI is InChI=1S/C12H11N.FH/c13-12-9-5-4-8-11(12)10-6-2-1-3-7-10;/h1-9H,13H2;1H. The molecule has 2 N–H and O–H groups in total. The van der Waals surface area contributed by atoms with Crippen LogP contribution in [0.25, 0.3) is 11.1 Å². The van der Waals surface area contributed by atoms with Gasteiger partial charge in [0.2, 0.25) is 0 Å². The highest BCUT2D eigenvalue weighted by atomic mass is 19.0. The molecule has 2 rings (SSSR count). The Bertz CT molecular complexity index is 398. The fourth-order valence-corrected chi connectivity index (χ4v) is 1.38. The largest absolute Gasteiger partial charge is 0.398 e. The minimum absolute atomic E-state index is 0. The fourth-order valence-electron chi connectivity index (χ4n) is 1.38. The van der Waals surface area contributed by atoms with Gasteiger partial charge in [-0.25, -0.2) is 0 Å². The lowest BCUT2D eigenvalue weighted by molar-refractivity contribution is 1.11. The first-order valence-corrected chi connectivity index (χ1v) is 4.28. The fraction of sp³-hybridized carbons (Fsp3) is 0. The molecule has 0 heterocycles. The zero-order valence-electron chi connectivity index (χ0n) is 7.68. The van der Waals surface area contributed by atoms with Crippen LogP contribution >= 0.6 is 0 Å². The van der Waals surface area contributed by atoms with E-state index >= 15 is 0 Å². The first kappa shape index (κ1) is 10.3. The lowest BCUT2D eigenvalue weighted by atomic mass is 10.0. The van der Waals surface area contributed by atoms with E-state index in [1.165, 1.54) is 5.56 Å². The van der Waals surface area contributed by atoms with Crippen LogP contribution in [0.3, 0.4) is 0 Å². The van der Waals surface area contributed by atoms with E-state index in [0.717, 1.165) is 11.3 Å². The summed E-state index contributed by atoms with van der Waals surface area (Å²) in [6, 6.07) is 18.1. The molecule has 0 saturated carbocycles. The van der Waals surface area contributed by atoms with Gasteiger partial charge in [0.1, 0.15) is 0 Å². The molecule has 0 radical (unpaired) electrons. The van der Waals surface area contributed by atoms with E-state index in [4.69, 9.17) is 5.73 Å². The minimum atomic E-state index is 0. The van der Waals surface area contributed by atoms with E-state index in [0.29, 0.717) is 0 Å². The van der Waals surface area contributed by atoms with E-state index in [1.54, 1.807) is 0 Å². The van der Waals surface area contributed by atoms with Crippen molar-refractivity contribution in [1.82, 2.24) is 0 Å². The second kappa shape index (κ2) is 4.42. The highest BCUT2D eigenvalue weighted by Gasteiger charge is 1.98. The molecule has 0 aliphatic carbocycles. The van der Waals surface area contributed by atoms with Gasteiger partial charge in [-0.2, -0.15) is 0 Å². The van der Waals surface area contributed by atoms with Gasteiger partial charge < -0.3 is 5.73 Å². The minimum Gasteiger partial charge on any atom is -0.398 e. The smallest absolute Gasteiger partial charge is 0.0393 e. The number of para-hydroxylation sites is 1. The Morgan fingerprint density at radius 3 is 1.93 bits per heavy atom. The SMILES string of the molecule is F.Nc1ccccc1-c1ccccc1. The van der Waals surface area contributed by atoms with Crippen molar-refractivity contribution < 1.29 is 4.70 Å². The van der Waals surface area contributed by atoms with E-state index in [2.05, 4.69) is 12.1 Å². The third-order valence-electron chi connectivity index (χ3n) is 2.05. The molecule has 0 aliphatic rings. The van der Waals surface area contributed by atoms with Crippen molar-refractivity contribution in [3.05, 3.63) is 54.6 Å². The van der Waals surface area contributed by atoms with Crippen molar-refractivity contribution in [2.45, 2.75) is 0 Å². The first-order chi connectivity index (χ1) is 6.38. The Labute approximate surface area is 82.6 Å². The Kier molecular flexibility index (Phi) is 3.24. The van der Waals surface area contributed by atoms with Crippen molar-refractivity contribution in [2.75, 3.05) is 5.73 Å². The maximum absolute atomic E-state index is 5.85. The van der Waals surface area contributed by atoms with Gasteiger partial charge in [-0.1, -0.05) is 48.5 Å². The molecule has 0 amide bonds. The summed E-state index contributed by atoms with van der Waals surface area (Å²) in [5.74, 6) is 0. The molecule has 0 saturated heterocycles. The molecule has 0 bridgehead atoms. The molecule has 1 nitrogen and oxygen atoms in total. The van der Waals surface area contributed by atoms with E-state index < -0.39 is 0 Å². The van der Waals surface area contributed by atoms with Gasteiger partial charge in [-0.15, -0.1) is 0 Å². The summed E-state index contributed by atoms with van der Waals surface area (Å²) in [5.41, 5.74) is 8.95. The van der Waals surface area contributed by atoms with Crippen LogP contribution in [0.5, 0.6) is 0 Å². The molecule has 2 heteroatoms. The number of nitrogen functional groups attached to an aromatic ring is 1. The van der Waals surface area contributed by atoms with E-state index in [1.807, 2.05) is 42.5 Å². The molecular weight excluding hydrogens is 177 g/mol. The maximum atomic E-state index is 5.85. The number of benzene rings is 2. The summed E-state index contributed by atoms with van der Waals surface area (Å²) >= 11 is 0. The Morgan fingerprint density at radius 2 is 1.29 bits per heavy atom. The quantitative estimate of drug-likeness (QED) is 0.685. The zero-order valence-corrected chi connectivity index (χ0v) is 7.68. The summed E-state index contributed by atoms with van der Waals surface area (Å²) in [6.45, 7) is 0. The van der Waals surface area contributed by atoms with Crippen LogP contribution in [0.1, 0.15) is 0 Å². The van der Waals surface area contributed by atoms with Crippen LogP contribution in [-0.2, 0) is 0 Å². The molecule has 0 atom stereocenters. The third kappa shape index (κ3) is 1.91. The molecular formula is C12H12FN. The number of nitrogens with two attached hydrogens (primary N) is 1. The van der Waals surface area contributed by atoms with Crippen molar-refractivity contribution >= 4 is 5.69 Å². The van der Waals surface area contributed by atoms with Crippen LogP contribution in [-0.4, -0.2) is 0 Å². The van der Waals surface area contributed by atoms with Gasteiger partial charge in [-0.3, -0.25) is 4.70 Å². The Morgan fingerprint density at radius 1 is 0.714 bits per heavy atom. The third-order valence-corrected chi connectivity index (χ3v) is 2.05. The van der Waals surface area contributed by atoms with E-state index in [-0.39, 0.29) is 4.70 Å². The molecule has 2 aromatic rings. The zero-order chi connectivity index (χ0) is 9.10. The van der Waals surface area contributed by atoms with Crippen LogP contribution in [0.2, 0.25) is 0 Å². The number of hydrogen-bond donors (Lipinski definition) is 1. The van der Waals surface area contributed by atoms with Crippen molar-refractivity contribution in [2.24, 2.45) is 0 Å². The number of rotatable bonds is 1. The highest BCUT2D eigenvalue weighted by molar-refractivity contribution is 5.75. The van der Waals surface area contributed by atoms with Crippen molar-refractivity contribution in [1.29, 1.82) is 0 Å². The number of halogens is 1. The van der Waals surface area contributed by atoms with Crippen LogP contribution in [0, 0.1) is 0 Å². The average Bonchev–Trinajstić information content (AvgIpc) is 2.20. The highest BCUT2D eigenvalue weighted by Crippen LogP contribution is 2.24. The molecule has 0 spiro atoms. The molecule has 0 aliphatic heterocycles.